The van der Waals surface area contributed by atoms with Crippen LogP contribution in [0.5, 0.6) is 0 Å². The van der Waals surface area contributed by atoms with E-state index in [-0.39, 0.29) is 18.3 Å². The second kappa shape index (κ2) is 7.72. The van der Waals surface area contributed by atoms with E-state index in [2.05, 4.69) is 25.9 Å². The lowest BCUT2D eigenvalue weighted by molar-refractivity contribution is 0.0940. The molecule has 0 aliphatic carbocycles. The number of hydrogen-bond acceptors (Lipinski definition) is 6. The molecule has 2 heterocycles. The zero-order chi connectivity index (χ0) is 21.3. The number of rotatable bonds is 6. The van der Waals surface area contributed by atoms with Crippen molar-refractivity contribution in [3.8, 4) is 0 Å². The van der Waals surface area contributed by atoms with Gasteiger partial charge in [0.2, 0.25) is 5.95 Å². The van der Waals surface area contributed by atoms with Crippen molar-refractivity contribution in [2.45, 2.75) is 25.4 Å². The number of amides is 1. The maximum atomic E-state index is 13.2. The normalized spacial score (nSPS) is 15.3. The van der Waals surface area contributed by atoms with Crippen LogP contribution >= 0.6 is 0 Å². The number of aromatic nitrogens is 2. The van der Waals surface area contributed by atoms with Crippen molar-refractivity contribution in [3.63, 3.8) is 0 Å². The summed E-state index contributed by atoms with van der Waals surface area (Å²) >= 11 is 0. The van der Waals surface area contributed by atoms with Crippen LogP contribution in [0.2, 0.25) is 0 Å². The molecule has 1 atom stereocenters. The number of anilines is 3. The summed E-state index contributed by atoms with van der Waals surface area (Å²) in [5.41, 5.74) is 2.62. The van der Waals surface area contributed by atoms with Gasteiger partial charge in [-0.3, -0.25) is 4.79 Å². The molecule has 0 unspecified atom stereocenters. The van der Waals surface area contributed by atoms with Crippen LogP contribution in [0.15, 0.2) is 54.7 Å². The third-order valence-corrected chi connectivity index (χ3v) is 5.05. The first kappa shape index (κ1) is 19.8. The van der Waals surface area contributed by atoms with Crippen LogP contribution < -0.4 is 16.0 Å². The van der Waals surface area contributed by atoms with Crippen molar-refractivity contribution in [3.05, 3.63) is 77.2 Å². The standard InChI is InChI=1S/C22H22FN5O2/c1-22(2)17-11-15(7-8-16(17)20(30)28-22)25-21-24-10-9-19(27-21)26-18(12-29)13-3-5-14(23)6-4-13/h3-11,18,29H,12H2,1-2H3,(H,28,30)(H2,24,25,26,27)/t18-/m1/s1. The highest BCUT2D eigenvalue weighted by molar-refractivity contribution is 6.00. The summed E-state index contributed by atoms with van der Waals surface area (Å²) in [4.78, 5) is 20.7. The molecule has 0 radical (unpaired) electrons. The van der Waals surface area contributed by atoms with E-state index in [1.807, 2.05) is 19.9 Å². The molecule has 154 valence electrons. The predicted molar refractivity (Wildman–Crippen MR) is 112 cm³/mol. The van der Waals surface area contributed by atoms with Crippen LogP contribution in [0.3, 0.4) is 0 Å². The number of benzene rings is 2. The molecule has 30 heavy (non-hydrogen) atoms. The first-order valence-electron chi connectivity index (χ1n) is 9.56. The number of fused-ring (bicyclic) bond motifs is 1. The molecule has 3 aromatic rings. The average Bonchev–Trinajstić information content (AvgIpc) is 2.95. The summed E-state index contributed by atoms with van der Waals surface area (Å²) in [5, 5.41) is 19.0. The molecule has 7 nitrogen and oxygen atoms in total. The van der Waals surface area contributed by atoms with Crippen LogP contribution in [0.25, 0.3) is 0 Å². The van der Waals surface area contributed by atoms with Crippen molar-refractivity contribution in [1.29, 1.82) is 0 Å². The van der Waals surface area contributed by atoms with Gasteiger partial charge >= 0.3 is 0 Å². The van der Waals surface area contributed by atoms with Gasteiger partial charge in [-0.2, -0.15) is 4.98 Å². The van der Waals surface area contributed by atoms with Gasteiger partial charge < -0.3 is 21.1 Å². The molecule has 0 fully saturated rings. The van der Waals surface area contributed by atoms with E-state index in [0.717, 1.165) is 16.8 Å². The number of aliphatic hydroxyl groups excluding tert-OH is 1. The lowest BCUT2D eigenvalue weighted by Crippen LogP contribution is -2.32. The zero-order valence-corrected chi connectivity index (χ0v) is 16.6. The van der Waals surface area contributed by atoms with Crippen LogP contribution in [0.1, 0.15) is 41.4 Å². The number of nitrogens with one attached hydrogen (secondary N) is 3. The van der Waals surface area contributed by atoms with Crippen LogP contribution in [0.4, 0.5) is 21.8 Å². The van der Waals surface area contributed by atoms with E-state index in [9.17, 15) is 14.3 Å². The topological polar surface area (TPSA) is 99.2 Å². The van der Waals surface area contributed by atoms with E-state index in [0.29, 0.717) is 17.3 Å². The van der Waals surface area contributed by atoms with Gasteiger partial charge in [0, 0.05) is 17.4 Å². The Morgan fingerprint density at radius 2 is 1.93 bits per heavy atom. The third kappa shape index (κ3) is 3.95. The lowest BCUT2D eigenvalue weighted by Gasteiger charge is -2.20. The Bertz CT molecular complexity index is 1090. The molecule has 1 aromatic heterocycles. The predicted octanol–water partition coefficient (Wildman–Crippen LogP) is 3.48. The van der Waals surface area contributed by atoms with Crippen molar-refractivity contribution in [2.24, 2.45) is 0 Å². The summed E-state index contributed by atoms with van der Waals surface area (Å²) in [6, 6.07) is 12.7. The fourth-order valence-electron chi connectivity index (χ4n) is 3.49. The molecule has 0 bridgehead atoms. The van der Waals surface area contributed by atoms with Gasteiger partial charge in [0.15, 0.2) is 0 Å². The Balaban J connectivity index is 1.53. The zero-order valence-electron chi connectivity index (χ0n) is 16.6. The van der Waals surface area contributed by atoms with Crippen molar-refractivity contribution in [1.82, 2.24) is 15.3 Å². The SMILES string of the molecule is CC1(C)NC(=O)c2ccc(Nc3nccc(N[C@H](CO)c4ccc(F)cc4)n3)cc21. The van der Waals surface area contributed by atoms with Gasteiger partial charge in [0.05, 0.1) is 18.2 Å². The fourth-order valence-corrected chi connectivity index (χ4v) is 3.49. The molecule has 0 saturated heterocycles. The Hall–Kier alpha value is -3.52. The molecule has 4 rings (SSSR count). The molecule has 4 N–H and O–H groups in total. The smallest absolute Gasteiger partial charge is 0.252 e. The van der Waals surface area contributed by atoms with Gasteiger partial charge in [0.25, 0.3) is 5.91 Å². The summed E-state index contributed by atoms with van der Waals surface area (Å²) in [7, 11) is 0. The first-order valence-corrected chi connectivity index (χ1v) is 9.56. The van der Waals surface area contributed by atoms with E-state index in [4.69, 9.17) is 0 Å². The number of carbonyl (C=O) groups is 1. The van der Waals surface area contributed by atoms with Gasteiger partial charge in [0.1, 0.15) is 11.6 Å². The molecule has 1 aliphatic rings. The number of hydrogen-bond donors (Lipinski definition) is 4. The van der Waals surface area contributed by atoms with Crippen LogP contribution in [0, 0.1) is 5.82 Å². The molecule has 2 aromatic carbocycles. The maximum Gasteiger partial charge on any atom is 0.252 e. The number of nitrogens with zero attached hydrogens (tertiary/aromatic N) is 2. The molecule has 0 saturated carbocycles. The van der Waals surface area contributed by atoms with Crippen molar-refractivity contribution < 1.29 is 14.3 Å². The first-order chi connectivity index (χ1) is 14.4. The Kier molecular flexibility index (Phi) is 5.09. The monoisotopic (exact) mass is 407 g/mol. The Morgan fingerprint density at radius 3 is 2.67 bits per heavy atom. The van der Waals surface area contributed by atoms with E-state index < -0.39 is 11.6 Å². The van der Waals surface area contributed by atoms with Crippen LogP contribution in [-0.2, 0) is 5.54 Å². The maximum absolute atomic E-state index is 13.2. The minimum atomic E-state index is -0.447. The highest BCUT2D eigenvalue weighted by Gasteiger charge is 2.34. The van der Waals surface area contributed by atoms with Gasteiger partial charge in [-0.05, 0) is 61.4 Å². The fraction of sp³-hybridized carbons (Fsp3) is 0.227. The Labute approximate surface area is 173 Å². The van der Waals surface area contributed by atoms with Crippen molar-refractivity contribution in [2.75, 3.05) is 17.2 Å². The van der Waals surface area contributed by atoms with Crippen molar-refractivity contribution >= 4 is 23.4 Å². The summed E-state index contributed by atoms with van der Waals surface area (Å²) in [6.45, 7) is 3.72. The highest BCUT2D eigenvalue weighted by Crippen LogP contribution is 2.33. The quantitative estimate of drug-likeness (QED) is 0.499. The molecule has 1 amide bonds. The third-order valence-electron chi connectivity index (χ3n) is 5.05. The molecule has 1 aliphatic heterocycles. The molecule has 8 heteroatoms. The van der Waals surface area contributed by atoms with E-state index >= 15 is 0 Å². The summed E-state index contributed by atoms with van der Waals surface area (Å²) < 4.78 is 13.2. The Morgan fingerprint density at radius 1 is 1.17 bits per heavy atom. The average molecular weight is 407 g/mol. The van der Waals surface area contributed by atoms with Crippen LogP contribution in [-0.4, -0.2) is 27.6 Å². The van der Waals surface area contributed by atoms with Gasteiger partial charge in [-0.1, -0.05) is 12.1 Å². The molecular weight excluding hydrogens is 385 g/mol. The molecular formula is C22H22FN5O2. The van der Waals surface area contributed by atoms with Gasteiger partial charge in [-0.25, -0.2) is 9.37 Å². The molecule has 0 spiro atoms. The largest absolute Gasteiger partial charge is 0.394 e. The number of carbonyl (C=O) groups excluding carboxylic acids is 1. The van der Waals surface area contributed by atoms with E-state index in [1.54, 1.807) is 36.5 Å². The van der Waals surface area contributed by atoms with Gasteiger partial charge in [-0.15, -0.1) is 0 Å². The minimum Gasteiger partial charge on any atom is -0.394 e. The minimum absolute atomic E-state index is 0.0835. The number of halogens is 1. The summed E-state index contributed by atoms with van der Waals surface area (Å²) in [6.07, 6.45) is 1.60. The number of aliphatic hydroxyl groups is 1. The van der Waals surface area contributed by atoms with E-state index in [1.165, 1.54) is 12.1 Å². The highest BCUT2D eigenvalue weighted by atomic mass is 19.1. The summed E-state index contributed by atoms with van der Waals surface area (Å²) in [5.74, 6) is 0.457. The lowest BCUT2D eigenvalue weighted by atomic mass is 9.94. The second-order valence-electron chi connectivity index (χ2n) is 7.66. The second-order valence-corrected chi connectivity index (χ2v) is 7.66.